The van der Waals surface area contributed by atoms with E-state index in [4.69, 9.17) is 4.98 Å². The lowest BCUT2D eigenvalue weighted by Gasteiger charge is -2.24. The molecule has 1 fully saturated rings. The summed E-state index contributed by atoms with van der Waals surface area (Å²) in [6.45, 7) is 0.744. The summed E-state index contributed by atoms with van der Waals surface area (Å²) in [5, 5.41) is 0. The predicted molar refractivity (Wildman–Crippen MR) is 103 cm³/mol. The van der Waals surface area contributed by atoms with Crippen LogP contribution < -0.4 is 0 Å². The van der Waals surface area contributed by atoms with E-state index in [0.29, 0.717) is 12.0 Å². The van der Waals surface area contributed by atoms with E-state index in [0.717, 1.165) is 36.3 Å². The molecule has 1 aliphatic heterocycles. The lowest BCUT2D eigenvalue weighted by Crippen LogP contribution is -2.31. The minimum atomic E-state index is -0.237. The maximum atomic E-state index is 13.4. The first kappa shape index (κ1) is 17.4. The normalized spacial score (nSPS) is 16.5. The minimum Gasteiger partial charge on any atom is -0.330 e. The summed E-state index contributed by atoms with van der Waals surface area (Å²) in [7, 11) is 0. The van der Waals surface area contributed by atoms with Gasteiger partial charge in [0.25, 0.3) is 5.91 Å². The number of nitrogens with zero attached hydrogens (tertiary/aromatic N) is 2. The molecule has 2 aromatic carbocycles. The van der Waals surface area contributed by atoms with Crippen molar-refractivity contribution in [1.82, 2.24) is 9.88 Å². The number of pyridine rings is 1. The van der Waals surface area contributed by atoms with Crippen molar-refractivity contribution in [1.29, 1.82) is 0 Å². The van der Waals surface area contributed by atoms with Gasteiger partial charge >= 0.3 is 0 Å². The largest absolute Gasteiger partial charge is 0.330 e. The Bertz CT molecular complexity index is 942. The van der Waals surface area contributed by atoms with Crippen LogP contribution in [-0.4, -0.2) is 22.3 Å². The molecule has 1 saturated heterocycles. The second-order valence-electron chi connectivity index (χ2n) is 6.88. The van der Waals surface area contributed by atoms with Gasteiger partial charge in [-0.3, -0.25) is 9.78 Å². The molecule has 0 N–H and O–H groups in total. The number of halogens is 1. The fourth-order valence-corrected chi connectivity index (χ4v) is 3.70. The van der Waals surface area contributed by atoms with Crippen molar-refractivity contribution in [2.24, 2.45) is 0 Å². The molecule has 1 atom stereocenters. The second-order valence-corrected chi connectivity index (χ2v) is 6.88. The molecule has 4 heteroatoms. The molecule has 1 aliphatic rings. The van der Waals surface area contributed by atoms with Crippen molar-refractivity contribution in [2.75, 3.05) is 6.54 Å². The summed E-state index contributed by atoms with van der Waals surface area (Å²) in [6.07, 6.45) is 2.46. The van der Waals surface area contributed by atoms with Crippen molar-refractivity contribution in [3.8, 4) is 0 Å². The Labute approximate surface area is 158 Å². The first-order valence-electron chi connectivity index (χ1n) is 9.27. The number of carbonyl (C=O) groups excluding carboxylic acids is 1. The fraction of sp³-hybridized carbons (Fsp3) is 0.217. The number of likely N-dealkylation sites (tertiary alicyclic amines) is 1. The zero-order valence-corrected chi connectivity index (χ0v) is 15.0. The van der Waals surface area contributed by atoms with E-state index < -0.39 is 0 Å². The standard InChI is InChI=1S/C23H21FN2O/c24-19-10-4-7-17(15-19)16-20-11-5-12-21(25-20)22-13-6-14-26(22)23(27)18-8-2-1-3-9-18/h1-5,7-12,15,22H,6,13-14,16H2/t22-/m1/s1. The van der Waals surface area contributed by atoms with Gasteiger partial charge in [0.1, 0.15) is 5.82 Å². The predicted octanol–water partition coefficient (Wildman–Crippen LogP) is 4.79. The van der Waals surface area contributed by atoms with E-state index in [2.05, 4.69) is 0 Å². The molecule has 0 spiro atoms. The average molecular weight is 360 g/mol. The monoisotopic (exact) mass is 360 g/mol. The molecule has 4 rings (SSSR count). The van der Waals surface area contributed by atoms with Gasteiger partial charge in [0.05, 0.1) is 11.7 Å². The van der Waals surface area contributed by atoms with E-state index in [1.165, 1.54) is 12.1 Å². The Morgan fingerprint density at radius 1 is 1.04 bits per heavy atom. The van der Waals surface area contributed by atoms with Crippen molar-refractivity contribution >= 4 is 5.91 Å². The third kappa shape index (κ3) is 3.90. The van der Waals surface area contributed by atoms with Gasteiger partial charge in [-0.15, -0.1) is 0 Å². The highest BCUT2D eigenvalue weighted by molar-refractivity contribution is 5.94. The molecular formula is C23H21FN2O. The second kappa shape index (κ2) is 7.70. The van der Waals surface area contributed by atoms with Gasteiger partial charge in [-0.1, -0.05) is 36.4 Å². The molecule has 0 radical (unpaired) electrons. The van der Waals surface area contributed by atoms with Crippen LogP contribution in [0.15, 0.2) is 72.8 Å². The van der Waals surface area contributed by atoms with Crippen molar-refractivity contribution in [2.45, 2.75) is 25.3 Å². The summed E-state index contributed by atoms with van der Waals surface area (Å²) in [4.78, 5) is 19.6. The zero-order chi connectivity index (χ0) is 18.6. The van der Waals surface area contributed by atoms with Crippen LogP contribution in [0.4, 0.5) is 4.39 Å². The molecule has 2 heterocycles. The molecule has 27 heavy (non-hydrogen) atoms. The van der Waals surface area contributed by atoms with E-state index in [1.807, 2.05) is 59.5 Å². The van der Waals surface area contributed by atoms with Gasteiger partial charge in [-0.2, -0.15) is 0 Å². The Morgan fingerprint density at radius 2 is 1.85 bits per heavy atom. The molecule has 0 bridgehead atoms. The van der Waals surface area contributed by atoms with Gasteiger partial charge in [0.2, 0.25) is 0 Å². The van der Waals surface area contributed by atoms with Crippen LogP contribution in [0.5, 0.6) is 0 Å². The number of hydrogen-bond acceptors (Lipinski definition) is 2. The van der Waals surface area contributed by atoms with Crippen molar-refractivity contribution in [3.63, 3.8) is 0 Å². The summed E-state index contributed by atoms with van der Waals surface area (Å²) >= 11 is 0. The number of aromatic nitrogens is 1. The molecule has 0 unspecified atom stereocenters. The topological polar surface area (TPSA) is 33.2 Å². The molecule has 1 amide bonds. The maximum Gasteiger partial charge on any atom is 0.254 e. The van der Waals surface area contributed by atoms with E-state index in [1.54, 1.807) is 6.07 Å². The third-order valence-electron chi connectivity index (χ3n) is 4.98. The van der Waals surface area contributed by atoms with E-state index in [9.17, 15) is 9.18 Å². The lowest BCUT2D eigenvalue weighted by molar-refractivity contribution is 0.0733. The summed E-state index contributed by atoms with van der Waals surface area (Å²) < 4.78 is 13.4. The Kier molecular flexibility index (Phi) is 4.97. The fourth-order valence-electron chi connectivity index (χ4n) is 3.70. The highest BCUT2D eigenvalue weighted by atomic mass is 19.1. The summed E-state index contributed by atoms with van der Waals surface area (Å²) in [5.41, 5.74) is 3.39. The molecule has 136 valence electrons. The number of carbonyl (C=O) groups is 1. The van der Waals surface area contributed by atoms with Gasteiger partial charge < -0.3 is 4.90 Å². The highest BCUT2D eigenvalue weighted by Gasteiger charge is 2.31. The van der Waals surface area contributed by atoms with E-state index >= 15 is 0 Å². The summed E-state index contributed by atoms with van der Waals surface area (Å²) in [5.74, 6) is -0.186. The van der Waals surface area contributed by atoms with Gasteiger partial charge in [0.15, 0.2) is 0 Å². The highest BCUT2D eigenvalue weighted by Crippen LogP contribution is 2.32. The number of benzene rings is 2. The Hall–Kier alpha value is -3.01. The van der Waals surface area contributed by atoms with Crippen LogP contribution in [0, 0.1) is 5.82 Å². The molecule has 3 aromatic rings. The quantitative estimate of drug-likeness (QED) is 0.670. The molecule has 3 nitrogen and oxygen atoms in total. The molecule has 0 aliphatic carbocycles. The van der Waals surface area contributed by atoms with Crippen LogP contribution in [0.2, 0.25) is 0 Å². The SMILES string of the molecule is O=C(c1ccccc1)N1CCC[C@@H]1c1cccc(Cc2cccc(F)c2)n1. The van der Waals surface area contributed by atoms with Crippen LogP contribution in [-0.2, 0) is 6.42 Å². The smallest absolute Gasteiger partial charge is 0.254 e. The van der Waals surface area contributed by atoms with Crippen LogP contribution in [0.25, 0.3) is 0 Å². The van der Waals surface area contributed by atoms with Gasteiger partial charge in [-0.25, -0.2) is 4.39 Å². The molecule has 0 saturated carbocycles. The van der Waals surface area contributed by atoms with E-state index in [-0.39, 0.29) is 17.8 Å². The zero-order valence-electron chi connectivity index (χ0n) is 15.0. The molecule has 1 aromatic heterocycles. The number of amides is 1. The third-order valence-corrected chi connectivity index (χ3v) is 4.98. The van der Waals surface area contributed by atoms with Crippen molar-refractivity contribution in [3.05, 3.63) is 101 Å². The van der Waals surface area contributed by atoms with Crippen LogP contribution >= 0.6 is 0 Å². The van der Waals surface area contributed by atoms with Crippen molar-refractivity contribution < 1.29 is 9.18 Å². The van der Waals surface area contributed by atoms with Crippen LogP contribution in [0.1, 0.15) is 46.2 Å². The number of hydrogen-bond donors (Lipinski definition) is 0. The lowest BCUT2D eigenvalue weighted by atomic mass is 10.1. The molecular weight excluding hydrogens is 339 g/mol. The Balaban J connectivity index is 1.56. The number of rotatable bonds is 4. The minimum absolute atomic E-state index is 0.00911. The maximum absolute atomic E-state index is 13.4. The van der Waals surface area contributed by atoms with Crippen LogP contribution in [0.3, 0.4) is 0 Å². The Morgan fingerprint density at radius 3 is 2.67 bits per heavy atom. The summed E-state index contributed by atoms with van der Waals surface area (Å²) in [6, 6.07) is 21.9. The average Bonchev–Trinajstić information content (AvgIpc) is 3.18. The van der Waals surface area contributed by atoms with Gasteiger partial charge in [-0.05, 0) is 54.8 Å². The first-order chi connectivity index (χ1) is 13.2. The first-order valence-corrected chi connectivity index (χ1v) is 9.27. The van der Waals surface area contributed by atoms with Gasteiger partial charge in [0, 0.05) is 24.2 Å².